The lowest BCUT2D eigenvalue weighted by Gasteiger charge is -2.33. The van der Waals surface area contributed by atoms with Crippen LogP contribution in [0.3, 0.4) is 0 Å². The number of rotatable bonds is 4. The molecule has 2 aliphatic heterocycles. The number of amides is 1. The van der Waals surface area contributed by atoms with Crippen LogP contribution in [0.5, 0.6) is 0 Å². The first kappa shape index (κ1) is 16.3. The van der Waals surface area contributed by atoms with Gasteiger partial charge in [-0.2, -0.15) is 0 Å². The summed E-state index contributed by atoms with van der Waals surface area (Å²) in [5, 5.41) is 0. The first-order valence-corrected chi connectivity index (χ1v) is 8.63. The van der Waals surface area contributed by atoms with E-state index in [1.54, 1.807) is 0 Å². The summed E-state index contributed by atoms with van der Waals surface area (Å²) >= 11 is 0. The Hall–Kier alpha value is -1.59. The molecule has 23 heavy (non-hydrogen) atoms. The van der Waals surface area contributed by atoms with Crippen LogP contribution in [0.15, 0.2) is 30.3 Å². The van der Waals surface area contributed by atoms with Crippen molar-refractivity contribution in [1.29, 1.82) is 0 Å². The van der Waals surface area contributed by atoms with Crippen LogP contribution in [-0.4, -0.2) is 61.8 Å². The van der Waals surface area contributed by atoms with Crippen molar-refractivity contribution in [2.45, 2.75) is 25.4 Å². The van der Waals surface area contributed by atoms with E-state index < -0.39 is 0 Å². The molecule has 5 nitrogen and oxygen atoms in total. The summed E-state index contributed by atoms with van der Waals surface area (Å²) in [7, 11) is 0. The predicted molar refractivity (Wildman–Crippen MR) is 88.3 cm³/mol. The summed E-state index contributed by atoms with van der Waals surface area (Å²) in [6.45, 7) is 5.37. The highest BCUT2D eigenvalue weighted by Gasteiger charge is 2.22. The lowest BCUT2D eigenvalue weighted by molar-refractivity contribution is -0.0353. The molecule has 0 saturated carbocycles. The first-order valence-electron chi connectivity index (χ1n) is 8.63. The average Bonchev–Trinajstić information content (AvgIpc) is 2.63. The third-order valence-corrected chi connectivity index (χ3v) is 4.57. The minimum Gasteiger partial charge on any atom is -0.448 e. The van der Waals surface area contributed by atoms with Gasteiger partial charge in [0.05, 0.1) is 12.7 Å². The summed E-state index contributed by atoms with van der Waals surface area (Å²) in [4.78, 5) is 16.1. The molecule has 0 unspecified atom stereocenters. The van der Waals surface area contributed by atoms with Crippen molar-refractivity contribution >= 4 is 6.09 Å². The molecule has 126 valence electrons. The summed E-state index contributed by atoms with van der Waals surface area (Å²) in [6, 6.07) is 10.3. The van der Waals surface area contributed by atoms with Gasteiger partial charge < -0.3 is 14.4 Å². The Morgan fingerprint density at radius 2 is 1.91 bits per heavy atom. The molecule has 1 atom stereocenters. The number of benzene rings is 1. The number of carbonyl (C=O) groups excluding carboxylic acids is 1. The molecule has 2 saturated heterocycles. The molecule has 0 spiro atoms. The molecule has 2 fully saturated rings. The first-order chi connectivity index (χ1) is 11.3. The number of piperidine rings is 1. The third-order valence-electron chi connectivity index (χ3n) is 4.57. The molecule has 0 aliphatic carbocycles. The van der Waals surface area contributed by atoms with E-state index in [2.05, 4.69) is 17.0 Å². The molecule has 0 bridgehead atoms. The second-order valence-electron chi connectivity index (χ2n) is 6.23. The average molecular weight is 318 g/mol. The third kappa shape index (κ3) is 4.69. The van der Waals surface area contributed by atoms with Crippen LogP contribution in [0.25, 0.3) is 0 Å². The Morgan fingerprint density at radius 1 is 1.13 bits per heavy atom. The van der Waals surface area contributed by atoms with Gasteiger partial charge in [0.2, 0.25) is 0 Å². The molecule has 0 aromatic heterocycles. The fourth-order valence-electron chi connectivity index (χ4n) is 3.20. The fraction of sp³-hybridized carbons (Fsp3) is 0.611. The lowest BCUT2D eigenvalue weighted by atomic mass is 10.1. The van der Waals surface area contributed by atoms with Crippen LogP contribution in [0, 0.1) is 0 Å². The van der Waals surface area contributed by atoms with Gasteiger partial charge in [-0.15, -0.1) is 0 Å². The van der Waals surface area contributed by atoms with Gasteiger partial charge in [-0.25, -0.2) is 4.79 Å². The lowest BCUT2D eigenvalue weighted by Crippen LogP contribution is -2.41. The van der Waals surface area contributed by atoms with E-state index in [1.165, 1.54) is 12.0 Å². The number of hydrogen-bond acceptors (Lipinski definition) is 4. The van der Waals surface area contributed by atoms with E-state index in [1.807, 2.05) is 23.1 Å². The summed E-state index contributed by atoms with van der Waals surface area (Å²) in [5.41, 5.74) is 1.21. The highest BCUT2D eigenvalue weighted by Crippen LogP contribution is 2.21. The van der Waals surface area contributed by atoms with Crippen LogP contribution in [0.1, 0.15) is 30.9 Å². The van der Waals surface area contributed by atoms with Crippen molar-refractivity contribution in [3.05, 3.63) is 35.9 Å². The summed E-state index contributed by atoms with van der Waals surface area (Å²) < 4.78 is 11.3. The number of morpholine rings is 1. The molecular weight excluding hydrogens is 292 g/mol. The standard InChI is InChI=1S/C18H26N2O3/c21-18(20-9-5-2-6-10-20)23-14-12-19-11-13-22-17(15-19)16-7-3-1-4-8-16/h1,3-4,7-8,17H,2,5-6,9-15H2/t17-/m1/s1. The van der Waals surface area contributed by atoms with E-state index in [0.29, 0.717) is 6.61 Å². The monoisotopic (exact) mass is 318 g/mol. The zero-order valence-corrected chi connectivity index (χ0v) is 13.7. The van der Waals surface area contributed by atoms with Crippen molar-refractivity contribution in [3.8, 4) is 0 Å². The van der Waals surface area contributed by atoms with Crippen molar-refractivity contribution in [2.24, 2.45) is 0 Å². The van der Waals surface area contributed by atoms with Gasteiger partial charge in [-0.1, -0.05) is 30.3 Å². The van der Waals surface area contributed by atoms with Gasteiger partial charge in [0.25, 0.3) is 0 Å². The van der Waals surface area contributed by atoms with Crippen molar-refractivity contribution in [1.82, 2.24) is 9.80 Å². The van der Waals surface area contributed by atoms with E-state index in [-0.39, 0.29) is 12.2 Å². The Morgan fingerprint density at radius 3 is 2.70 bits per heavy atom. The van der Waals surface area contributed by atoms with E-state index in [9.17, 15) is 4.79 Å². The fourth-order valence-corrected chi connectivity index (χ4v) is 3.20. The van der Waals surface area contributed by atoms with Crippen molar-refractivity contribution < 1.29 is 14.3 Å². The number of likely N-dealkylation sites (tertiary alicyclic amines) is 1. The minimum absolute atomic E-state index is 0.114. The van der Waals surface area contributed by atoms with Gasteiger partial charge in [-0.3, -0.25) is 4.90 Å². The molecule has 1 amide bonds. The minimum atomic E-state index is -0.155. The van der Waals surface area contributed by atoms with E-state index in [0.717, 1.165) is 52.2 Å². The molecule has 5 heteroatoms. The maximum absolute atomic E-state index is 12.0. The zero-order chi connectivity index (χ0) is 15.9. The Kier molecular flexibility index (Phi) is 5.88. The largest absolute Gasteiger partial charge is 0.448 e. The van der Waals surface area contributed by atoms with Crippen molar-refractivity contribution in [3.63, 3.8) is 0 Å². The highest BCUT2D eigenvalue weighted by molar-refractivity contribution is 5.67. The highest BCUT2D eigenvalue weighted by atomic mass is 16.6. The molecule has 0 N–H and O–H groups in total. The predicted octanol–water partition coefficient (Wildman–Crippen LogP) is 2.68. The van der Waals surface area contributed by atoms with Gasteiger partial charge in [-0.05, 0) is 24.8 Å². The van der Waals surface area contributed by atoms with Gasteiger partial charge in [0.1, 0.15) is 6.61 Å². The van der Waals surface area contributed by atoms with Crippen LogP contribution in [0.2, 0.25) is 0 Å². The Labute approximate surface area is 138 Å². The SMILES string of the molecule is O=C(OCCN1CCO[C@@H](c2ccccc2)C1)N1CCCCC1. The Balaban J connectivity index is 1.40. The number of carbonyl (C=O) groups is 1. The maximum Gasteiger partial charge on any atom is 0.409 e. The number of hydrogen-bond donors (Lipinski definition) is 0. The topological polar surface area (TPSA) is 42.0 Å². The summed E-state index contributed by atoms with van der Waals surface area (Å²) in [6.07, 6.45) is 3.37. The molecule has 2 aliphatic rings. The van der Waals surface area contributed by atoms with Gasteiger partial charge >= 0.3 is 6.09 Å². The van der Waals surface area contributed by atoms with E-state index in [4.69, 9.17) is 9.47 Å². The van der Waals surface area contributed by atoms with E-state index >= 15 is 0 Å². The molecule has 0 radical (unpaired) electrons. The molecule has 1 aromatic rings. The second-order valence-corrected chi connectivity index (χ2v) is 6.23. The van der Waals surface area contributed by atoms with Crippen LogP contribution < -0.4 is 0 Å². The normalized spacial score (nSPS) is 22.8. The second kappa shape index (κ2) is 8.31. The van der Waals surface area contributed by atoms with Crippen LogP contribution in [0.4, 0.5) is 4.79 Å². The van der Waals surface area contributed by atoms with Crippen LogP contribution in [-0.2, 0) is 9.47 Å². The molecular formula is C18H26N2O3. The summed E-state index contributed by atoms with van der Waals surface area (Å²) in [5.74, 6) is 0. The number of ether oxygens (including phenoxy) is 2. The smallest absolute Gasteiger partial charge is 0.409 e. The molecule has 3 rings (SSSR count). The van der Waals surface area contributed by atoms with Gasteiger partial charge in [0.15, 0.2) is 0 Å². The van der Waals surface area contributed by atoms with Crippen molar-refractivity contribution in [2.75, 3.05) is 45.9 Å². The zero-order valence-electron chi connectivity index (χ0n) is 13.7. The number of nitrogens with zero attached hydrogens (tertiary/aromatic N) is 2. The van der Waals surface area contributed by atoms with Crippen LogP contribution >= 0.6 is 0 Å². The Bertz CT molecular complexity index is 488. The maximum atomic E-state index is 12.0. The molecule has 1 aromatic carbocycles. The molecule has 2 heterocycles. The quantitative estimate of drug-likeness (QED) is 0.856. The van der Waals surface area contributed by atoms with Gasteiger partial charge in [0, 0.05) is 32.7 Å².